The molecule has 0 aliphatic carbocycles. The molecule has 0 aliphatic rings. The zero-order valence-electron chi connectivity index (χ0n) is 12.4. The van der Waals surface area contributed by atoms with Crippen LogP contribution in [0.15, 0.2) is 12.1 Å². The molecule has 1 unspecified atom stereocenters. The first-order valence-corrected chi connectivity index (χ1v) is 6.55. The molecule has 2 amide bonds. The van der Waals surface area contributed by atoms with E-state index in [0.29, 0.717) is 13.1 Å². The summed E-state index contributed by atoms with van der Waals surface area (Å²) in [7, 11) is 1.68. The fourth-order valence-corrected chi connectivity index (χ4v) is 2.27. The minimum Gasteiger partial charge on any atom is -0.392 e. The van der Waals surface area contributed by atoms with E-state index in [9.17, 15) is 9.90 Å². The summed E-state index contributed by atoms with van der Waals surface area (Å²) >= 11 is 0. The maximum absolute atomic E-state index is 11.8. The molecule has 1 rings (SSSR count). The van der Waals surface area contributed by atoms with Gasteiger partial charge in [0.05, 0.1) is 6.10 Å². The second-order valence-electron chi connectivity index (χ2n) is 5.27. The lowest BCUT2D eigenvalue weighted by molar-refractivity contribution is 0.143. The number of likely N-dealkylation sites (N-methyl/N-ethyl adjacent to an activating group) is 1. The lowest BCUT2D eigenvalue weighted by atomic mass is 10.00. The van der Waals surface area contributed by atoms with Crippen molar-refractivity contribution < 1.29 is 9.90 Å². The van der Waals surface area contributed by atoms with Gasteiger partial charge in [-0.25, -0.2) is 4.79 Å². The van der Waals surface area contributed by atoms with Gasteiger partial charge in [-0.15, -0.1) is 0 Å². The highest BCUT2D eigenvalue weighted by molar-refractivity contribution is 5.74. The van der Waals surface area contributed by atoms with Crippen LogP contribution in [0.1, 0.15) is 29.2 Å². The second-order valence-corrected chi connectivity index (χ2v) is 5.27. The van der Waals surface area contributed by atoms with Gasteiger partial charge in [0.2, 0.25) is 0 Å². The van der Waals surface area contributed by atoms with Gasteiger partial charge in [0.1, 0.15) is 0 Å². The van der Waals surface area contributed by atoms with Gasteiger partial charge < -0.3 is 15.3 Å². The van der Waals surface area contributed by atoms with Crippen molar-refractivity contribution in [2.75, 3.05) is 13.6 Å². The van der Waals surface area contributed by atoms with Crippen molar-refractivity contribution in [2.45, 2.75) is 40.3 Å². The molecule has 0 heterocycles. The number of urea groups is 1. The van der Waals surface area contributed by atoms with Crippen LogP contribution >= 0.6 is 0 Å². The number of nitrogens with zero attached hydrogens (tertiary/aromatic N) is 1. The number of aliphatic hydroxyl groups is 1. The lowest BCUT2D eigenvalue weighted by Crippen LogP contribution is -2.40. The number of carbonyl (C=O) groups is 1. The largest absolute Gasteiger partial charge is 0.392 e. The van der Waals surface area contributed by atoms with Gasteiger partial charge in [0.25, 0.3) is 0 Å². The maximum Gasteiger partial charge on any atom is 0.317 e. The quantitative estimate of drug-likeness (QED) is 0.875. The van der Waals surface area contributed by atoms with Crippen molar-refractivity contribution >= 4 is 6.03 Å². The number of nitrogens with one attached hydrogen (secondary N) is 1. The molecule has 1 aromatic carbocycles. The van der Waals surface area contributed by atoms with E-state index in [1.807, 2.05) is 0 Å². The van der Waals surface area contributed by atoms with E-state index >= 15 is 0 Å². The first-order chi connectivity index (χ1) is 8.81. The van der Waals surface area contributed by atoms with Gasteiger partial charge in [-0.1, -0.05) is 17.7 Å². The number of carbonyl (C=O) groups excluding carboxylic acids is 1. The third-order valence-corrected chi connectivity index (χ3v) is 3.14. The van der Waals surface area contributed by atoms with Gasteiger partial charge >= 0.3 is 6.03 Å². The van der Waals surface area contributed by atoms with Crippen LogP contribution in [0.25, 0.3) is 0 Å². The Morgan fingerprint density at radius 1 is 1.32 bits per heavy atom. The Morgan fingerprint density at radius 3 is 2.32 bits per heavy atom. The molecule has 0 fully saturated rings. The zero-order valence-corrected chi connectivity index (χ0v) is 12.4. The number of hydrogen-bond donors (Lipinski definition) is 2. The molecule has 19 heavy (non-hydrogen) atoms. The van der Waals surface area contributed by atoms with Crippen LogP contribution in [0.4, 0.5) is 4.79 Å². The summed E-state index contributed by atoms with van der Waals surface area (Å²) in [6.45, 7) is 8.69. The van der Waals surface area contributed by atoms with Gasteiger partial charge in [0.15, 0.2) is 0 Å². The minimum absolute atomic E-state index is 0.166. The minimum atomic E-state index is -0.515. The molecule has 0 saturated carbocycles. The number of rotatable bonds is 4. The van der Waals surface area contributed by atoms with E-state index < -0.39 is 6.10 Å². The summed E-state index contributed by atoms with van der Waals surface area (Å²) in [5.41, 5.74) is 4.77. The van der Waals surface area contributed by atoms with Crippen LogP contribution in [0, 0.1) is 20.8 Å². The van der Waals surface area contributed by atoms with Crippen molar-refractivity contribution in [3.8, 4) is 0 Å². The van der Waals surface area contributed by atoms with E-state index in [4.69, 9.17) is 0 Å². The van der Waals surface area contributed by atoms with Gasteiger partial charge in [-0.3, -0.25) is 0 Å². The summed E-state index contributed by atoms with van der Waals surface area (Å²) < 4.78 is 0. The summed E-state index contributed by atoms with van der Waals surface area (Å²) in [5, 5.41) is 12.1. The molecule has 2 N–H and O–H groups in total. The van der Waals surface area contributed by atoms with Gasteiger partial charge in [0, 0.05) is 20.1 Å². The van der Waals surface area contributed by atoms with E-state index in [-0.39, 0.29) is 6.03 Å². The normalized spacial score (nSPS) is 12.1. The number of aliphatic hydroxyl groups excluding tert-OH is 1. The Morgan fingerprint density at radius 2 is 1.84 bits per heavy atom. The lowest BCUT2D eigenvalue weighted by Gasteiger charge is -2.20. The van der Waals surface area contributed by atoms with E-state index in [1.54, 1.807) is 14.0 Å². The van der Waals surface area contributed by atoms with Crippen molar-refractivity contribution in [3.63, 3.8) is 0 Å². The predicted octanol–water partition coefficient (Wildman–Crippen LogP) is 2.13. The van der Waals surface area contributed by atoms with E-state index in [1.165, 1.54) is 21.6 Å². The highest BCUT2D eigenvalue weighted by Crippen LogP contribution is 2.16. The van der Waals surface area contributed by atoms with Crippen molar-refractivity contribution in [3.05, 3.63) is 34.4 Å². The SMILES string of the molecule is Cc1cc(C)c(CNC(=O)N(C)CC(C)O)c(C)c1. The molecule has 0 saturated heterocycles. The molecule has 0 aromatic heterocycles. The number of amides is 2. The maximum atomic E-state index is 11.8. The summed E-state index contributed by atoms with van der Waals surface area (Å²) in [4.78, 5) is 13.3. The van der Waals surface area contributed by atoms with E-state index in [2.05, 4.69) is 38.2 Å². The second kappa shape index (κ2) is 6.57. The summed E-state index contributed by atoms with van der Waals surface area (Å²) in [6, 6.07) is 4.07. The highest BCUT2D eigenvalue weighted by atomic mass is 16.3. The first-order valence-electron chi connectivity index (χ1n) is 6.55. The topological polar surface area (TPSA) is 52.6 Å². The average Bonchev–Trinajstić information content (AvgIpc) is 2.26. The highest BCUT2D eigenvalue weighted by Gasteiger charge is 2.11. The van der Waals surface area contributed by atoms with Crippen molar-refractivity contribution in [1.82, 2.24) is 10.2 Å². The molecule has 0 radical (unpaired) electrons. The van der Waals surface area contributed by atoms with Crippen LogP contribution in [-0.2, 0) is 6.54 Å². The molecule has 1 atom stereocenters. The monoisotopic (exact) mass is 264 g/mol. The molecular formula is C15H24N2O2. The number of aryl methyl sites for hydroxylation is 3. The van der Waals surface area contributed by atoms with Gasteiger partial charge in [-0.2, -0.15) is 0 Å². The van der Waals surface area contributed by atoms with Gasteiger partial charge in [-0.05, 0) is 44.4 Å². The third kappa shape index (κ3) is 4.56. The average molecular weight is 264 g/mol. The van der Waals surface area contributed by atoms with E-state index in [0.717, 1.165) is 5.56 Å². The van der Waals surface area contributed by atoms with Crippen LogP contribution < -0.4 is 5.32 Å². The Bertz CT molecular complexity index is 432. The van der Waals surface area contributed by atoms with Crippen molar-refractivity contribution in [1.29, 1.82) is 0 Å². The summed E-state index contributed by atoms with van der Waals surface area (Å²) in [6.07, 6.45) is -0.515. The smallest absolute Gasteiger partial charge is 0.317 e. The van der Waals surface area contributed by atoms with Crippen LogP contribution in [0.5, 0.6) is 0 Å². The Kier molecular flexibility index (Phi) is 5.36. The molecule has 4 nitrogen and oxygen atoms in total. The first kappa shape index (κ1) is 15.5. The fraction of sp³-hybridized carbons (Fsp3) is 0.533. The predicted molar refractivity (Wildman–Crippen MR) is 77.2 cm³/mol. The Hall–Kier alpha value is -1.55. The molecular weight excluding hydrogens is 240 g/mol. The third-order valence-electron chi connectivity index (χ3n) is 3.14. The van der Waals surface area contributed by atoms with Crippen molar-refractivity contribution in [2.24, 2.45) is 0 Å². The molecule has 0 aliphatic heterocycles. The zero-order chi connectivity index (χ0) is 14.6. The molecule has 0 bridgehead atoms. The van der Waals surface area contributed by atoms with Crippen LogP contribution in [0.3, 0.4) is 0 Å². The fourth-order valence-electron chi connectivity index (χ4n) is 2.27. The van der Waals surface area contributed by atoms with Crippen LogP contribution in [-0.4, -0.2) is 35.7 Å². The molecule has 4 heteroatoms. The number of hydrogen-bond acceptors (Lipinski definition) is 2. The number of benzene rings is 1. The standard InChI is InChI=1S/C15H24N2O2/c1-10-6-11(2)14(12(3)7-10)8-16-15(19)17(5)9-13(4)18/h6-7,13,18H,8-9H2,1-5H3,(H,16,19). The van der Waals surface area contributed by atoms with Crippen LogP contribution in [0.2, 0.25) is 0 Å². The molecule has 106 valence electrons. The Labute approximate surface area is 115 Å². The summed E-state index contributed by atoms with van der Waals surface area (Å²) in [5.74, 6) is 0. The molecule has 0 spiro atoms. The Balaban J connectivity index is 2.65. The molecule has 1 aromatic rings.